The number of sulfone groups is 1. The van der Waals surface area contributed by atoms with Crippen LogP contribution in [0.1, 0.15) is 43.6 Å². The molecule has 1 atom stereocenters. The van der Waals surface area contributed by atoms with Crippen molar-refractivity contribution in [3.8, 4) is 0 Å². The summed E-state index contributed by atoms with van der Waals surface area (Å²) in [4.78, 5) is 21.8. The largest absolute Gasteiger partial charge is 0.324 e. The molecule has 1 saturated carbocycles. The lowest BCUT2D eigenvalue weighted by molar-refractivity contribution is 0.588. The average Bonchev–Trinajstić information content (AvgIpc) is 3.61. The first kappa shape index (κ1) is 24.4. The molecule has 1 aromatic carbocycles. The number of aromatic nitrogens is 3. The minimum Gasteiger partial charge on any atom is -0.324 e. The second kappa shape index (κ2) is 10.4. The van der Waals surface area contributed by atoms with E-state index in [4.69, 9.17) is 0 Å². The molecular weight excluding hydrogens is 474 g/mol. The van der Waals surface area contributed by atoms with Gasteiger partial charge in [-0.05, 0) is 61.1 Å². The number of hydrogen-bond donors (Lipinski definition) is 2. The maximum absolute atomic E-state index is 12.9. The molecule has 2 N–H and O–H groups in total. The van der Waals surface area contributed by atoms with Crippen molar-refractivity contribution in [2.24, 2.45) is 0 Å². The molecule has 2 aromatic heterocycles. The quantitative estimate of drug-likeness (QED) is 0.445. The van der Waals surface area contributed by atoms with Gasteiger partial charge in [0.2, 0.25) is 5.95 Å². The van der Waals surface area contributed by atoms with Gasteiger partial charge in [0.25, 0.3) is 5.56 Å². The second-order valence-electron chi connectivity index (χ2n) is 9.56. The first-order chi connectivity index (χ1) is 17.4. The van der Waals surface area contributed by atoms with Crippen molar-refractivity contribution in [1.29, 1.82) is 0 Å². The Balaban J connectivity index is 1.42. The maximum atomic E-state index is 12.9. The van der Waals surface area contributed by atoms with E-state index in [0.29, 0.717) is 41.3 Å². The van der Waals surface area contributed by atoms with Gasteiger partial charge in [-0.2, -0.15) is 4.98 Å². The summed E-state index contributed by atoms with van der Waals surface area (Å²) in [7, 11) is -3.41. The number of nitrogens with one attached hydrogen (secondary N) is 2. The van der Waals surface area contributed by atoms with E-state index in [-0.39, 0.29) is 17.4 Å². The first-order valence-electron chi connectivity index (χ1n) is 12.4. The van der Waals surface area contributed by atoms with Gasteiger partial charge in [0, 0.05) is 35.3 Å². The van der Waals surface area contributed by atoms with Crippen molar-refractivity contribution in [2.75, 3.05) is 18.4 Å². The molecule has 3 aromatic rings. The van der Waals surface area contributed by atoms with Gasteiger partial charge in [-0.3, -0.25) is 9.36 Å². The van der Waals surface area contributed by atoms with Gasteiger partial charge in [-0.25, -0.2) is 13.4 Å². The highest BCUT2D eigenvalue weighted by molar-refractivity contribution is 7.94. The van der Waals surface area contributed by atoms with Crippen LogP contribution in [0, 0.1) is 0 Å². The highest BCUT2D eigenvalue weighted by Crippen LogP contribution is 2.27. The molecular formula is C27H31N5O3S. The number of pyridine rings is 1. The summed E-state index contributed by atoms with van der Waals surface area (Å²) in [5.41, 5.74) is 2.77. The molecule has 0 amide bonds. The van der Waals surface area contributed by atoms with E-state index in [9.17, 15) is 13.2 Å². The number of hydrogen-bond acceptors (Lipinski definition) is 7. The van der Waals surface area contributed by atoms with Gasteiger partial charge in [0.1, 0.15) is 5.65 Å². The molecule has 2 fully saturated rings. The molecule has 1 saturated heterocycles. The second-order valence-corrected chi connectivity index (χ2v) is 11.6. The van der Waals surface area contributed by atoms with Crippen LogP contribution in [0.4, 0.5) is 11.6 Å². The molecule has 5 rings (SSSR count). The van der Waals surface area contributed by atoms with Crippen molar-refractivity contribution in [2.45, 2.75) is 49.8 Å². The summed E-state index contributed by atoms with van der Waals surface area (Å²) in [6.07, 6.45) is 7.51. The van der Waals surface area contributed by atoms with Crippen LogP contribution in [-0.4, -0.2) is 41.3 Å². The molecule has 1 aliphatic heterocycles. The Morgan fingerprint density at radius 3 is 2.61 bits per heavy atom. The zero-order valence-corrected chi connectivity index (χ0v) is 21.0. The van der Waals surface area contributed by atoms with Crippen molar-refractivity contribution in [3.63, 3.8) is 0 Å². The van der Waals surface area contributed by atoms with Crippen LogP contribution in [0.5, 0.6) is 0 Å². The molecule has 3 heterocycles. The van der Waals surface area contributed by atoms with Crippen molar-refractivity contribution >= 4 is 32.5 Å². The van der Waals surface area contributed by atoms with E-state index in [1.807, 2.05) is 12.1 Å². The highest BCUT2D eigenvalue weighted by Gasteiger charge is 2.27. The molecule has 0 radical (unpaired) electrons. The predicted octanol–water partition coefficient (Wildman–Crippen LogP) is 4.04. The summed E-state index contributed by atoms with van der Waals surface area (Å²) in [5.74, 6) is 0.898. The Hall–Kier alpha value is -3.30. The average molecular weight is 506 g/mol. The Morgan fingerprint density at radius 2 is 1.92 bits per heavy atom. The van der Waals surface area contributed by atoms with Gasteiger partial charge in [-0.1, -0.05) is 37.6 Å². The topological polar surface area (TPSA) is 106 Å². The number of fused-ring (bicyclic) bond motifs is 1. The normalized spacial score (nSPS) is 19.1. The lowest BCUT2D eigenvalue weighted by Gasteiger charge is -2.13. The maximum Gasteiger partial charge on any atom is 0.252 e. The van der Waals surface area contributed by atoms with Gasteiger partial charge < -0.3 is 10.6 Å². The lowest BCUT2D eigenvalue weighted by Crippen LogP contribution is -2.22. The monoisotopic (exact) mass is 505 g/mol. The standard InChI is InChI=1S/C27H31N5O3S/c1-2-19(18-36(34,35)24-5-3-4-6-24)17-32-25(33)12-9-22-16-29-27(31-26(22)32)30-23-10-7-20(8-11-23)21-13-14-28-15-21/h2,7-12,16,18,21,24,28H,1,3-6,13-15,17H2,(H,29,30,31). The van der Waals surface area contributed by atoms with Crippen LogP contribution >= 0.6 is 0 Å². The minimum atomic E-state index is -3.41. The van der Waals surface area contributed by atoms with Crippen LogP contribution in [0.2, 0.25) is 0 Å². The molecule has 2 aliphatic rings. The number of anilines is 2. The van der Waals surface area contributed by atoms with E-state index in [2.05, 4.69) is 39.3 Å². The summed E-state index contributed by atoms with van der Waals surface area (Å²) in [5, 5.41) is 8.22. The molecule has 0 bridgehead atoms. The minimum absolute atomic E-state index is 0.0617. The Morgan fingerprint density at radius 1 is 1.14 bits per heavy atom. The summed E-state index contributed by atoms with van der Waals surface area (Å²) in [6, 6.07) is 11.4. The van der Waals surface area contributed by atoms with E-state index in [1.54, 1.807) is 12.3 Å². The zero-order valence-electron chi connectivity index (χ0n) is 20.2. The fourth-order valence-electron chi connectivity index (χ4n) is 5.05. The number of allylic oxidation sites excluding steroid dienone is 2. The van der Waals surface area contributed by atoms with Crippen molar-refractivity contribution < 1.29 is 8.42 Å². The third kappa shape index (κ3) is 5.27. The smallest absolute Gasteiger partial charge is 0.252 e. The van der Waals surface area contributed by atoms with Gasteiger partial charge in [0.05, 0.1) is 11.8 Å². The first-order valence-corrected chi connectivity index (χ1v) is 14.0. The summed E-state index contributed by atoms with van der Waals surface area (Å²) < 4.78 is 27.2. The van der Waals surface area contributed by atoms with E-state index in [1.165, 1.54) is 27.7 Å². The molecule has 36 heavy (non-hydrogen) atoms. The van der Waals surface area contributed by atoms with Crippen LogP contribution in [0.15, 0.2) is 71.0 Å². The molecule has 1 aliphatic carbocycles. The predicted molar refractivity (Wildman–Crippen MR) is 143 cm³/mol. The Bertz CT molecular complexity index is 1450. The Labute approximate surface area is 211 Å². The molecule has 0 spiro atoms. The fraction of sp³-hybridized carbons (Fsp3) is 0.370. The lowest BCUT2D eigenvalue weighted by atomic mass is 9.98. The van der Waals surface area contributed by atoms with Crippen molar-refractivity contribution in [1.82, 2.24) is 19.9 Å². The van der Waals surface area contributed by atoms with Crippen LogP contribution < -0.4 is 16.2 Å². The van der Waals surface area contributed by atoms with Crippen molar-refractivity contribution in [3.05, 3.63) is 82.1 Å². The summed E-state index contributed by atoms with van der Waals surface area (Å²) in [6.45, 7) is 5.90. The SMILES string of the molecule is C=CC(=CS(=O)(=O)C1CCCC1)Cn1c(=O)ccc2cnc(Nc3ccc(C4CCNC4)cc3)nc21. The van der Waals surface area contributed by atoms with Gasteiger partial charge in [0.15, 0.2) is 9.84 Å². The molecule has 188 valence electrons. The van der Waals surface area contributed by atoms with Gasteiger partial charge >= 0.3 is 0 Å². The Kier molecular flexibility index (Phi) is 7.02. The molecule has 8 nitrogen and oxygen atoms in total. The van der Waals surface area contributed by atoms with Crippen LogP contribution in [-0.2, 0) is 16.4 Å². The fourth-order valence-corrected chi connectivity index (χ4v) is 6.82. The zero-order chi connectivity index (χ0) is 25.1. The van der Waals surface area contributed by atoms with E-state index < -0.39 is 9.84 Å². The van der Waals surface area contributed by atoms with Gasteiger partial charge in [-0.15, -0.1) is 0 Å². The molecule has 1 unspecified atom stereocenters. The molecule has 9 heteroatoms. The summed E-state index contributed by atoms with van der Waals surface area (Å²) >= 11 is 0. The third-order valence-corrected chi connectivity index (χ3v) is 9.14. The number of benzene rings is 1. The number of rotatable bonds is 8. The third-order valence-electron chi connectivity index (χ3n) is 7.11. The van der Waals surface area contributed by atoms with Crippen LogP contribution in [0.3, 0.4) is 0 Å². The number of nitrogens with zero attached hydrogens (tertiary/aromatic N) is 3. The van der Waals surface area contributed by atoms with Crippen LogP contribution in [0.25, 0.3) is 11.0 Å². The van der Waals surface area contributed by atoms with E-state index >= 15 is 0 Å². The highest BCUT2D eigenvalue weighted by atomic mass is 32.2. The van der Waals surface area contributed by atoms with E-state index in [0.717, 1.165) is 38.0 Å².